The molecule has 0 aliphatic rings. The summed E-state index contributed by atoms with van der Waals surface area (Å²) in [6.45, 7) is 4.66. The second kappa shape index (κ2) is 3.98. The molecule has 0 fully saturated rings. The van der Waals surface area contributed by atoms with Gasteiger partial charge in [-0.25, -0.2) is 0 Å². The zero-order chi connectivity index (χ0) is 9.83. The molecule has 0 rings (SSSR count). The van der Waals surface area contributed by atoms with Crippen LogP contribution >= 0.6 is 0 Å². The van der Waals surface area contributed by atoms with Gasteiger partial charge in [0, 0.05) is 0 Å². The number of aliphatic hydroxyl groups is 2. The molecule has 1 unspecified atom stereocenters. The molecule has 4 nitrogen and oxygen atoms in total. The van der Waals surface area contributed by atoms with Gasteiger partial charge in [-0.2, -0.15) is 0 Å². The van der Waals surface area contributed by atoms with E-state index in [1.54, 1.807) is 13.8 Å². The Morgan fingerprint density at radius 3 is 2.17 bits per heavy atom. The topological polar surface area (TPSA) is 66.8 Å². The summed E-state index contributed by atoms with van der Waals surface area (Å²) in [5.74, 6) is -1.73. The summed E-state index contributed by atoms with van der Waals surface area (Å²) in [6.07, 6.45) is 0.689. The molecule has 0 saturated heterocycles. The molecular formula is C8H16O4. The predicted molar refractivity (Wildman–Crippen MR) is 43.6 cm³/mol. The molecule has 72 valence electrons. The molecule has 0 spiro atoms. The lowest BCUT2D eigenvalue weighted by Gasteiger charge is -2.21. The Balaban J connectivity index is 3.64. The van der Waals surface area contributed by atoms with Crippen LogP contribution in [0.25, 0.3) is 0 Å². The van der Waals surface area contributed by atoms with Crippen molar-refractivity contribution in [2.45, 2.75) is 38.6 Å². The lowest BCUT2D eigenvalue weighted by Crippen LogP contribution is -2.32. The summed E-state index contributed by atoms with van der Waals surface area (Å²) in [7, 11) is 0. The van der Waals surface area contributed by atoms with E-state index in [2.05, 4.69) is 0 Å². The maximum Gasteiger partial charge on any atom is 0.220 e. The maximum absolute atomic E-state index is 10.1. The van der Waals surface area contributed by atoms with E-state index in [4.69, 9.17) is 9.84 Å². The fourth-order valence-electron chi connectivity index (χ4n) is 0.541. The van der Waals surface area contributed by atoms with Crippen molar-refractivity contribution in [2.24, 2.45) is 0 Å². The van der Waals surface area contributed by atoms with Gasteiger partial charge in [0.2, 0.25) is 5.79 Å². The van der Waals surface area contributed by atoms with Crippen molar-refractivity contribution in [1.29, 1.82) is 0 Å². The lowest BCUT2D eigenvalue weighted by molar-refractivity contribution is -0.188. The zero-order valence-electron chi connectivity index (χ0n) is 7.70. The van der Waals surface area contributed by atoms with Gasteiger partial charge in [0.25, 0.3) is 0 Å². The van der Waals surface area contributed by atoms with Crippen LogP contribution in [-0.2, 0) is 9.53 Å². The van der Waals surface area contributed by atoms with E-state index in [0.717, 1.165) is 0 Å². The molecule has 0 bridgehead atoms. The van der Waals surface area contributed by atoms with Crippen LogP contribution in [0.5, 0.6) is 0 Å². The van der Waals surface area contributed by atoms with Crippen LogP contribution in [0.4, 0.5) is 0 Å². The van der Waals surface area contributed by atoms with Crippen molar-refractivity contribution < 1.29 is 19.7 Å². The molecule has 0 aromatic heterocycles. The SMILES string of the molecule is CC(C)(O)CCOC(C)(O)C=O. The van der Waals surface area contributed by atoms with Gasteiger partial charge in [0.1, 0.15) is 0 Å². The Kier molecular flexibility index (Phi) is 3.83. The number of carbonyl (C=O) groups excluding carboxylic acids is 1. The van der Waals surface area contributed by atoms with Gasteiger partial charge in [0.05, 0.1) is 12.2 Å². The van der Waals surface area contributed by atoms with Crippen molar-refractivity contribution in [3.05, 3.63) is 0 Å². The van der Waals surface area contributed by atoms with E-state index < -0.39 is 11.4 Å². The van der Waals surface area contributed by atoms with Crippen molar-refractivity contribution in [2.75, 3.05) is 6.61 Å². The summed E-state index contributed by atoms with van der Waals surface area (Å²) in [5.41, 5.74) is -0.834. The Hall–Kier alpha value is -0.450. The molecule has 0 aliphatic carbocycles. The molecular weight excluding hydrogens is 160 g/mol. The van der Waals surface area contributed by atoms with E-state index in [-0.39, 0.29) is 6.61 Å². The normalized spacial score (nSPS) is 17.1. The minimum atomic E-state index is -1.73. The maximum atomic E-state index is 10.1. The molecule has 0 radical (unpaired) electrons. The summed E-state index contributed by atoms with van der Waals surface area (Å²) >= 11 is 0. The van der Waals surface area contributed by atoms with E-state index in [9.17, 15) is 9.90 Å². The first-order valence-corrected chi connectivity index (χ1v) is 3.82. The summed E-state index contributed by atoms with van der Waals surface area (Å²) in [5, 5.41) is 18.3. The highest BCUT2D eigenvalue weighted by Crippen LogP contribution is 2.09. The lowest BCUT2D eigenvalue weighted by atomic mass is 10.1. The van der Waals surface area contributed by atoms with Crippen molar-refractivity contribution in [1.82, 2.24) is 0 Å². The number of aldehydes is 1. The zero-order valence-corrected chi connectivity index (χ0v) is 7.70. The van der Waals surface area contributed by atoms with Crippen LogP contribution in [0.1, 0.15) is 27.2 Å². The number of ether oxygens (including phenoxy) is 1. The van der Waals surface area contributed by atoms with Gasteiger partial charge < -0.3 is 14.9 Å². The van der Waals surface area contributed by atoms with Gasteiger partial charge in [-0.1, -0.05) is 0 Å². The Morgan fingerprint density at radius 2 is 1.83 bits per heavy atom. The Labute approximate surface area is 72.2 Å². The van der Waals surface area contributed by atoms with Gasteiger partial charge in [-0.3, -0.25) is 4.79 Å². The smallest absolute Gasteiger partial charge is 0.220 e. The Morgan fingerprint density at radius 1 is 1.33 bits per heavy atom. The molecule has 0 amide bonds. The molecule has 0 heterocycles. The quantitative estimate of drug-likeness (QED) is 0.459. The van der Waals surface area contributed by atoms with Crippen molar-refractivity contribution >= 4 is 6.29 Å². The molecule has 12 heavy (non-hydrogen) atoms. The van der Waals surface area contributed by atoms with Crippen LogP contribution in [0.15, 0.2) is 0 Å². The van der Waals surface area contributed by atoms with Crippen LogP contribution in [0.3, 0.4) is 0 Å². The average molecular weight is 176 g/mol. The van der Waals surface area contributed by atoms with Crippen LogP contribution in [-0.4, -0.2) is 34.5 Å². The van der Waals surface area contributed by atoms with Crippen LogP contribution in [0.2, 0.25) is 0 Å². The number of carbonyl (C=O) groups is 1. The molecule has 2 N–H and O–H groups in total. The number of hydrogen-bond donors (Lipinski definition) is 2. The Bertz CT molecular complexity index is 146. The molecule has 0 aromatic rings. The predicted octanol–water partition coefficient (Wildman–Crippen LogP) is 0.0714. The fraction of sp³-hybridized carbons (Fsp3) is 0.875. The molecule has 0 saturated carbocycles. The highest BCUT2D eigenvalue weighted by molar-refractivity contribution is 5.58. The van der Waals surface area contributed by atoms with Crippen LogP contribution < -0.4 is 0 Å². The van der Waals surface area contributed by atoms with E-state index >= 15 is 0 Å². The van der Waals surface area contributed by atoms with Crippen molar-refractivity contribution in [3.8, 4) is 0 Å². The van der Waals surface area contributed by atoms with Gasteiger partial charge in [-0.15, -0.1) is 0 Å². The van der Waals surface area contributed by atoms with Crippen molar-refractivity contribution in [3.63, 3.8) is 0 Å². The largest absolute Gasteiger partial charge is 0.390 e. The third-order valence-electron chi connectivity index (χ3n) is 1.33. The number of rotatable bonds is 5. The number of hydrogen-bond acceptors (Lipinski definition) is 4. The molecule has 0 aromatic carbocycles. The second-order valence-electron chi connectivity index (χ2n) is 3.58. The van der Waals surface area contributed by atoms with Gasteiger partial charge in [0.15, 0.2) is 6.29 Å². The first-order valence-electron chi connectivity index (χ1n) is 3.82. The molecule has 0 aliphatic heterocycles. The summed E-state index contributed by atoms with van der Waals surface area (Å²) in [4.78, 5) is 10.1. The minimum Gasteiger partial charge on any atom is -0.390 e. The highest BCUT2D eigenvalue weighted by Gasteiger charge is 2.21. The van der Waals surface area contributed by atoms with E-state index in [1.165, 1.54) is 6.92 Å². The third kappa shape index (κ3) is 6.27. The minimum absolute atomic E-state index is 0.148. The second-order valence-corrected chi connectivity index (χ2v) is 3.58. The molecule has 4 heteroatoms. The summed E-state index contributed by atoms with van der Waals surface area (Å²) in [6, 6.07) is 0. The van der Waals surface area contributed by atoms with Crippen LogP contribution in [0, 0.1) is 0 Å². The molecule has 1 atom stereocenters. The first-order chi connectivity index (χ1) is 5.27. The van der Waals surface area contributed by atoms with E-state index in [1.807, 2.05) is 0 Å². The highest BCUT2D eigenvalue weighted by atomic mass is 16.6. The van der Waals surface area contributed by atoms with Gasteiger partial charge in [-0.05, 0) is 27.2 Å². The third-order valence-corrected chi connectivity index (χ3v) is 1.33. The summed E-state index contributed by atoms with van der Waals surface area (Å²) < 4.78 is 4.78. The van der Waals surface area contributed by atoms with Gasteiger partial charge >= 0.3 is 0 Å². The average Bonchev–Trinajstić information content (AvgIpc) is 1.84. The fourth-order valence-corrected chi connectivity index (χ4v) is 0.541. The monoisotopic (exact) mass is 176 g/mol. The first kappa shape index (κ1) is 11.6. The van der Waals surface area contributed by atoms with E-state index in [0.29, 0.717) is 12.7 Å². The standard InChI is InChI=1S/C8H16O4/c1-7(2,10)4-5-12-8(3,11)6-9/h6,10-11H,4-5H2,1-3H3.